The molecule has 0 saturated carbocycles. The van der Waals surface area contributed by atoms with Crippen molar-refractivity contribution < 1.29 is 4.39 Å². The highest BCUT2D eigenvalue weighted by Gasteiger charge is 2.11. The Bertz CT molecular complexity index is 739. The van der Waals surface area contributed by atoms with E-state index in [9.17, 15) is 9.18 Å². The first kappa shape index (κ1) is 13.7. The first-order chi connectivity index (χ1) is 9.02. The Morgan fingerprint density at radius 3 is 2.95 bits per heavy atom. The van der Waals surface area contributed by atoms with Gasteiger partial charge in [-0.3, -0.25) is 9.36 Å². The van der Waals surface area contributed by atoms with Crippen molar-refractivity contribution in [3.05, 3.63) is 61.5 Å². The minimum Gasteiger partial charge on any atom is -0.278 e. The summed E-state index contributed by atoms with van der Waals surface area (Å²) in [5.74, 6) is -0.485. The fourth-order valence-electron chi connectivity index (χ4n) is 1.56. The van der Waals surface area contributed by atoms with Crippen molar-refractivity contribution in [3.8, 4) is 6.07 Å². The molecule has 19 heavy (non-hydrogen) atoms. The summed E-state index contributed by atoms with van der Waals surface area (Å²) in [6, 6.07) is 5.68. The van der Waals surface area contributed by atoms with Crippen LogP contribution >= 0.6 is 27.5 Å². The van der Waals surface area contributed by atoms with Crippen LogP contribution in [0.1, 0.15) is 11.1 Å². The molecule has 0 unspecified atom stereocenters. The highest BCUT2D eigenvalue weighted by molar-refractivity contribution is 9.10. The van der Waals surface area contributed by atoms with E-state index in [0.29, 0.717) is 5.56 Å². The summed E-state index contributed by atoms with van der Waals surface area (Å²) < 4.78 is 14.6. The van der Waals surface area contributed by atoms with Crippen LogP contribution in [0.3, 0.4) is 0 Å². The zero-order valence-electron chi connectivity index (χ0n) is 9.40. The summed E-state index contributed by atoms with van der Waals surface area (Å²) in [6.07, 6.45) is 1.29. The number of nitrogens with zero attached hydrogens (tertiary/aromatic N) is 3. The van der Waals surface area contributed by atoms with Crippen LogP contribution in [0.4, 0.5) is 4.39 Å². The molecule has 1 aromatic heterocycles. The fraction of sp³-hybridized carbons (Fsp3) is 0.0833. The van der Waals surface area contributed by atoms with Crippen molar-refractivity contribution in [2.75, 3.05) is 0 Å². The minimum atomic E-state index is -0.485. The quantitative estimate of drug-likeness (QED) is 0.789. The summed E-state index contributed by atoms with van der Waals surface area (Å²) in [7, 11) is 0. The van der Waals surface area contributed by atoms with Crippen molar-refractivity contribution in [1.29, 1.82) is 5.26 Å². The molecule has 7 heteroatoms. The lowest BCUT2D eigenvalue weighted by Gasteiger charge is -2.09. The predicted molar refractivity (Wildman–Crippen MR) is 71.4 cm³/mol. The number of halogens is 3. The zero-order chi connectivity index (χ0) is 14.0. The van der Waals surface area contributed by atoms with Crippen molar-refractivity contribution in [2.24, 2.45) is 0 Å². The van der Waals surface area contributed by atoms with Crippen LogP contribution in [0.2, 0.25) is 5.28 Å². The molecule has 0 atom stereocenters. The van der Waals surface area contributed by atoms with Gasteiger partial charge in [-0.2, -0.15) is 5.26 Å². The topological polar surface area (TPSA) is 58.7 Å². The second-order valence-electron chi connectivity index (χ2n) is 3.68. The van der Waals surface area contributed by atoms with E-state index in [1.165, 1.54) is 24.4 Å². The van der Waals surface area contributed by atoms with E-state index >= 15 is 0 Å². The Hall–Kier alpha value is -1.71. The van der Waals surface area contributed by atoms with Crippen molar-refractivity contribution in [3.63, 3.8) is 0 Å². The summed E-state index contributed by atoms with van der Waals surface area (Å²) in [6.45, 7) is -0.0231. The van der Waals surface area contributed by atoms with Gasteiger partial charge in [-0.05, 0) is 51.3 Å². The number of rotatable bonds is 2. The molecule has 0 spiro atoms. The largest absolute Gasteiger partial charge is 0.278 e. The van der Waals surface area contributed by atoms with E-state index in [2.05, 4.69) is 20.9 Å². The van der Waals surface area contributed by atoms with Crippen LogP contribution in [0.25, 0.3) is 0 Å². The Morgan fingerprint density at radius 1 is 1.53 bits per heavy atom. The third-order valence-corrected chi connectivity index (χ3v) is 3.32. The van der Waals surface area contributed by atoms with E-state index in [1.54, 1.807) is 0 Å². The standard InChI is InChI=1S/C12H6BrClFN3O/c13-10-5-17-12(14)18(11(10)19)6-8-3-9(15)2-1-7(8)4-16/h1-3,5H,6H2. The summed E-state index contributed by atoms with van der Waals surface area (Å²) >= 11 is 8.89. The Labute approximate surface area is 121 Å². The fourth-order valence-corrected chi connectivity index (χ4v) is 2.06. The molecule has 1 aromatic carbocycles. The molecule has 1 heterocycles. The summed E-state index contributed by atoms with van der Waals surface area (Å²) in [4.78, 5) is 15.7. The van der Waals surface area contributed by atoms with Gasteiger partial charge in [0.05, 0.1) is 24.4 Å². The first-order valence-corrected chi connectivity index (χ1v) is 6.29. The lowest BCUT2D eigenvalue weighted by atomic mass is 10.1. The summed E-state index contributed by atoms with van der Waals surface area (Å²) in [5, 5.41) is 8.94. The molecule has 0 saturated heterocycles. The van der Waals surface area contributed by atoms with Gasteiger partial charge in [-0.1, -0.05) is 0 Å². The maximum atomic E-state index is 13.2. The molecule has 0 bridgehead atoms. The average Bonchev–Trinajstić information content (AvgIpc) is 2.39. The number of aromatic nitrogens is 2. The lowest BCUT2D eigenvalue weighted by Crippen LogP contribution is -2.23. The van der Waals surface area contributed by atoms with Crippen molar-refractivity contribution >= 4 is 27.5 Å². The van der Waals surface area contributed by atoms with Gasteiger partial charge in [-0.25, -0.2) is 9.37 Å². The lowest BCUT2D eigenvalue weighted by molar-refractivity contribution is 0.621. The Morgan fingerprint density at radius 2 is 2.26 bits per heavy atom. The van der Waals surface area contributed by atoms with E-state index < -0.39 is 11.4 Å². The predicted octanol–water partition coefficient (Wildman–Crippen LogP) is 2.72. The molecule has 0 radical (unpaired) electrons. The van der Waals surface area contributed by atoms with Gasteiger partial charge in [0.25, 0.3) is 5.56 Å². The van der Waals surface area contributed by atoms with Crippen LogP contribution in [-0.2, 0) is 6.54 Å². The van der Waals surface area contributed by atoms with Gasteiger partial charge in [0.1, 0.15) is 10.3 Å². The maximum absolute atomic E-state index is 13.2. The monoisotopic (exact) mass is 341 g/mol. The van der Waals surface area contributed by atoms with Gasteiger partial charge in [0, 0.05) is 0 Å². The Balaban J connectivity index is 2.54. The van der Waals surface area contributed by atoms with Crippen LogP contribution in [0.15, 0.2) is 33.7 Å². The molecule has 0 aliphatic carbocycles. The molecule has 4 nitrogen and oxygen atoms in total. The van der Waals surface area contributed by atoms with Gasteiger partial charge in [0.2, 0.25) is 5.28 Å². The molecule has 2 aromatic rings. The van der Waals surface area contributed by atoms with E-state index in [0.717, 1.165) is 4.57 Å². The molecule has 0 N–H and O–H groups in total. The van der Waals surface area contributed by atoms with E-state index in [1.807, 2.05) is 6.07 Å². The van der Waals surface area contributed by atoms with E-state index in [4.69, 9.17) is 16.9 Å². The number of benzene rings is 1. The number of nitriles is 1. The molecular formula is C12H6BrClFN3O. The Kier molecular flexibility index (Phi) is 3.98. The van der Waals surface area contributed by atoms with Crippen LogP contribution in [0, 0.1) is 17.1 Å². The molecule has 96 valence electrons. The maximum Gasteiger partial charge on any atom is 0.269 e. The highest BCUT2D eigenvalue weighted by atomic mass is 79.9. The molecule has 0 aliphatic heterocycles. The highest BCUT2D eigenvalue weighted by Crippen LogP contribution is 2.14. The van der Waals surface area contributed by atoms with Crippen molar-refractivity contribution in [2.45, 2.75) is 6.54 Å². The van der Waals surface area contributed by atoms with Gasteiger partial charge < -0.3 is 0 Å². The summed E-state index contributed by atoms with van der Waals surface area (Å²) in [5.41, 5.74) is 0.254. The normalized spacial score (nSPS) is 10.2. The molecule has 0 aliphatic rings. The van der Waals surface area contributed by atoms with Crippen LogP contribution in [-0.4, -0.2) is 9.55 Å². The van der Waals surface area contributed by atoms with Gasteiger partial charge >= 0.3 is 0 Å². The molecule has 0 amide bonds. The second kappa shape index (κ2) is 5.51. The van der Waals surface area contributed by atoms with Crippen LogP contribution < -0.4 is 5.56 Å². The molecule has 2 rings (SSSR count). The second-order valence-corrected chi connectivity index (χ2v) is 4.87. The third kappa shape index (κ3) is 2.83. The minimum absolute atomic E-state index is 0.0231. The van der Waals surface area contributed by atoms with E-state index in [-0.39, 0.29) is 21.9 Å². The smallest absolute Gasteiger partial charge is 0.269 e. The molecule has 0 fully saturated rings. The third-order valence-electron chi connectivity index (χ3n) is 2.47. The molecular weight excluding hydrogens is 337 g/mol. The first-order valence-electron chi connectivity index (χ1n) is 5.12. The number of hydrogen-bond donors (Lipinski definition) is 0. The van der Waals surface area contributed by atoms with Crippen molar-refractivity contribution in [1.82, 2.24) is 9.55 Å². The SMILES string of the molecule is N#Cc1ccc(F)cc1Cn1c(Cl)ncc(Br)c1=O. The van der Waals surface area contributed by atoms with Gasteiger partial charge in [0.15, 0.2) is 0 Å². The zero-order valence-corrected chi connectivity index (χ0v) is 11.7. The van der Waals surface area contributed by atoms with Gasteiger partial charge in [-0.15, -0.1) is 0 Å². The van der Waals surface area contributed by atoms with Crippen LogP contribution in [0.5, 0.6) is 0 Å². The number of hydrogen-bond acceptors (Lipinski definition) is 3. The average molecular weight is 343 g/mol.